The maximum atomic E-state index is 14.2. The smallest absolute Gasteiger partial charge is 0.328 e. The molecule has 2 N–H and O–H groups in total. The van der Waals surface area contributed by atoms with Gasteiger partial charge in [-0.05, 0) is 64.6 Å². The number of amides is 3. The fourth-order valence-corrected chi connectivity index (χ4v) is 6.43. The maximum absolute atomic E-state index is 14.2. The quantitative estimate of drug-likeness (QED) is 0.437. The van der Waals surface area contributed by atoms with Crippen molar-refractivity contribution in [3.05, 3.63) is 48.0 Å². The fourth-order valence-electron chi connectivity index (χ4n) is 6.43. The zero-order chi connectivity index (χ0) is 30.0. The van der Waals surface area contributed by atoms with Gasteiger partial charge in [0.25, 0.3) is 0 Å². The molecule has 42 heavy (non-hydrogen) atoms. The summed E-state index contributed by atoms with van der Waals surface area (Å²) in [5.74, 6) is 0.564. The molecule has 10 heteroatoms. The molecule has 1 saturated carbocycles. The van der Waals surface area contributed by atoms with E-state index in [0.29, 0.717) is 12.4 Å². The van der Waals surface area contributed by atoms with Crippen LogP contribution in [0, 0.1) is 12.8 Å². The zero-order valence-corrected chi connectivity index (χ0v) is 25.4. The van der Waals surface area contributed by atoms with E-state index < -0.39 is 6.04 Å². The zero-order valence-electron chi connectivity index (χ0n) is 25.4. The van der Waals surface area contributed by atoms with E-state index in [9.17, 15) is 14.4 Å². The molecule has 3 atom stereocenters. The van der Waals surface area contributed by atoms with Gasteiger partial charge in [0.1, 0.15) is 11.9 Å². The van der Waals surface area contributed by atoms with E-state index in [0.717, 1.165) is 66.4 Å². The Morgan fingerprint density at radius 2 is 1.76 bits per heavy atom. The summed E-state index contributed by atoms with van der Waals surface area (Å²) in [6.07, 6.45) is 8.70. The first kappa shape index (κ1) is 29.7. The molecule has 3 amide bonds. The fraction of sp³-hybridized carbons (Fsp3) is 0.531. The second-order valence-corrected chi connectivity index (χ2v) is 11.9. The van der Waals surface area contributed by atoms with Gasteiger partial charge in [-0.25, -0.2) is 14.8 Å². The first-order valence-electron chi connectivity index (χ1n) is 15.2. The number of carbonyl (C=O) groups excluding carboxylic acids is 3. The molecule has 1 saturated heterocycles. The topological polar surface area (TPSA) is 112 Å². The van der Waals surface area contributed by atoms with Crippen LogP contribution in [0.5, 0.6) is 0 Å². The van der Waals surface area contributed by atoms with Crippen LogP contribution >= 0.6 is 0 Å². The molecule has 1 aromatic carbocycles. The minimum atomic E-state index is -0.549. The van der Waals surface area contributed by atoms with Crippen molar-refractivity contribution in [3.8, 4) is 11.3 Å². The van der Waals surface area contributed by atoms with Gasteiger partial charge in [0, 0.05) is 37.8 Å². The normalized spacial score (nSPS) is 19.1. The Bertz CT molecular complexity index is 1460. The van der Waals surface area contributed by atoms with Gasteiger partial charge in [-0.15, -0.1) is 0 Å². The molecule has 0 bridgehead atoms. The van der Waals surface area contributed by atoms with E-state index >= 15 is 0 Å². The molecule has 2 fully saturated rings. The summed E-state index contributed by atoms with van der Waals surface area (Å²) in [4.78, 5) is 53.2. The van der Waals surface area contributed by atoms with Gasteiger partial charge < -0.3 is 20.4 Å². The Morgan fingerprint density at radius 3 is 2.48 bits per heavy atom. The molecule has 224 valence electrons. The lowest BCUT2D eigenvalue weighted by Crippen LogP contribution is -2.55. The molecule has 3 heterocycles. The van der Waals surface area contributed by atoms with E-state index in [1.807, 2.05) is 55.3 Å². The van der Waals surface area contributed by atoms with Crippen LogP contribution < -0.4 is 10.6 Å². The molecule has 1 aliphatic heterocycles. The minimum Gasteiger partial charge on any atom is -0.343 e. The third-order valence-corrected chi connectivity index (χ3v) is 8.82. The van der Waals surface area contributed by atoms with Crippen LogP contribution in [-0.2, 0) is 9.59 Å². The van der Waals surface area contributed by atoms with E-state index in [1.54, 1.807) is 30.6 Å². The predicted octanol–water partition coefficient (Wildman–Crippen LogP) is 4.27. The number of aryl methyl sites for hydroxylation is 1. The van der Waals surface area contributed by atoms with Gasteiger partial charge in [0.15, 0.2) is 0 Å². The summed E-state index contributed by atoms with van der Waals surface area (Å²) < 4.78 is 1.65. The Balaban J connectivity index is 1.49. The van der Waals surface area contributed by atoms with Crippen LogP contribution in [-0.4, -0.2) is 82.0 Å². The summed E-state index contributed by atoms with van der Waals surface area (Å²) in [6, 6.07) is 8.49. The van der Waals surface area contributed by atoms with Crippen molar-refractivity contribution in [1.82, 2.24) is 35.0 Å². The van der Waals surface area contributed by atoms with Crippen LogP contribution in [0.4, 0.5) is 4.79 Å². The standard InChI is InChI=1S/C32H43N7O3/c1-20(33-3)30(40)36-29(22-12-7-6-8-13-22)31(41)38-17-11-16-28(38)26-18-25(34-21(2)35-26)24-19-39(32(42)37(4)5)27-15-10-9-14-23(24)27/h9-10,14-15,18-20,22,28-29,33H,6-8,11-13,16-17H2,1-5H3,(H,36,40). The Labute approximate surface area is 247 Å². The first-order chi connectivity index (χ1) is 20.2. The lowest BCUT2D eigenvalue weighted by Gasteiger charge is -2.35. The molecule has 5 rings (SSSR count). The highest BCUT2D eigenvalue weighted by molar-refractivity contribution is 6.00. The highest BCUT2D eigenvalue weighted by atomic mass is 16.2. The third kappa shape index (κ3) is 5.90. The largest absolute Gasteiger partial charge is 0.343 e. The molecule has 10 nitrogen and oxygen atoms in total. The summed E-state index contributed by atoms with van der Waals surface area (Å²) in [6.45, 7) is 4.30. The van der Waals surface area contributed by atoms with Crippen LogP contribution in [0.15, 0.2) is 36.5 Å². The predicted molar refractivity (Wildman–Crippen MR) is 163 cm³/mol. The summed E-state index contributed by atoms with van der Waals surface area (Å²) in [5.41, 5.74) is 3.16. The van der Waals surface area contributed by atoms with Crippen molar-refractivity contribution >= 4 is 28.7 Å². The molecule has 2 aliphatic rings. The van der Waals surface area contributed by atoms with Crippen LogP contribution in [0.2, 0.25) is 0 Å². The maximum Gasteiger partial charge on any atom is 0.328 e. The van der Waals surface area contributed by atoms with Crippen molar-refractivity contribution in [1.29, 1.82) is 0 Å². The number of nitrogens with one attached hydrogen (secondary N) is 2. The third-order valence-electron chi connectivity index (χ3n) is 8.82. The number of likely N-dealkylation sites (tertiary alicyclic amines) is 1. The molecule has 3 unspecified atom stereocenters. The van der Waals surface area contributed by atoms with Gasteiger partial charge in [0.2, 0.25) is 11.8 Å². The van der Waals surface area contributed by atoms with Crippen molar-refractivity contribution in [2.45, 2.75) is 76.9 Å². The molecule has 2 aromatic heterocycles. The summed E-state index contributed by atoms with van der Waals surface area (Å²) in [7, 11) is 5.22. The van der Waals surface area contributed by atoms with Gasteiger partial charge in [-0.2, -0.15) is 0 Å². The van der Waals surface area contributed by atoms with Gasteiger partial charge in [-0.1, -0.05) is 37.5 Å². The Hall–Kier alpha value is -3.79. The monoisotopic (exact) mass is 573 g/mol. The lowest BCUT2D eigenvalue weighted by molar-refractivity contribution is -0.139. The number of carbonyl (C=O) groups is 3. The molecule has 3 aromatic rings. The Kier molecular flexibility index (Phi) is 8.91. The number of nitrogens with zero attached hydrogens (tertiary/aromatic N) is 5. The number of aromatic nitrogens is 3. The lowest BCUT2D eigenvalue weighted by atomic mass is 9.83. The van der Waals surface area contributed by atoms with Crippen molar-refractivity contribution in [2.24, 2.45) is 5.92 Å². The average Bonchev–Trinajstić information content (AvgIpc) is 3.64. The first-order valence-corrected chi connectivity index (χ1v) is 15.2. The van der Waals surface area contributed by atoms with Gasteiger partial charge in [0.05, 0.1) is 29.0 Å². The number of hydrogen-bond acceptors (Lipinski definition) is 6. The minimum absolute atomic E-state index is 0.0212. The van der Waals surface area contributed by atoms with Gasteiger partial charge >= 0.3 is 6.03 Å². The highest BCUT2D eigenvalue weighted by Crippen LogP contribution is 2.37. The number of benzene rings is 1. The van der Waals surface area contributed by atoms with Crippen LogP contribution in [0.1, 0.15) is 69.4 Å². The van der Waals surface area contributed by atoms with E-state index in [1.165, 1.54) is 6.42 Å². The molecular formula is C32H43N7O3. The average molecular weight is 574 g/mol. The van der Waals surface area contributed by atoms with Crippen molar-refractivity contribution < 1.29 is 14.4 Å². The summed E-state index contributed by atoms with van der Waals surface area (Å²) >= 11 is 0. The second kappa shape index (κ2) is 12.6. The second-order valence-electron chi connectivity index (χ2n) is 11.9. The van der Waals surface area contributed by atoms with Crippen molar-refractivity contribution in [3.63, 3.8) is 0 Å². The van der Waals surface area contributed by atoms with Crippen LogP contribution in [0.25, 0.3) is 22.2 Å². The molecule has 0 spiro atoms. The highest BCUT2D eigenvalue weighted by Gasteiger charge is 2.39. The summed E-state index contributed by atoms with van der Waals surface area (Å²) in [5, 5.41) is 7.03. The Morgan fingerprint density at radius 1 is 1.02 bits per heavy atom. The van der Waals surface area contributed by atoms with E-state index in [2.05, 4.69) is 10.6 Å². The number of fused-ring (bicyclic) bond motifs is 1. The number of para-hydroxylation sites is 1. The van der Waals surface area contributed by atoms with Crippen molar-refractivity contribution in [2.75, 3.05) is 27.7 Å². The molecular weight excluding hydrogens is 530 g/mol. The van der Waals surface area contributed by atoms with Gasteiger partial charge in [-0.3, -0.25) is 14.2 Å². The van der Waals surface area contributed by atoms with E-state index in [4.69, 9.17) is 9.97 Å². The molecule has 0 radical (unpaired) electrons. The van der Waals surface area contributed by atoms with E-state index in [-0.39, 0.29) is 35.8 Å². The number of hydrogen-bond donors (Lipinski definition) is 2. The van der Waals surface area contributed by atoms with Crippen LogP contribution in [0.3, 0.4) is 0 Å². The molecule has 1 aliphatic carbocycles. The number of likely N-dealkylation sites (N-methyl/N-ethyl adjacent to an activating group) is 1. The SMILES string of the molecule is CNC(C)C(=O)NC(C(=O)N1CCCC1c1cc(-c2cn(C(=O)N(C)C)c3ccccc23)nc(C)n1)C1CCCCC1. The number of rotatable bonds is 7.